The fourth-order valence-corrected chi connectivity index (χ4v) is 3.10. The molecule has 0 saturated heterocycles. The lowest BCUT2D eigenvalue weighted by molar-refractivity contribution is -0.118. The van der Waals surface area contributed by atoms with Crippen LogP contribution in [0.2, 0.25) is 0 Å². The van der Waals surface area contributed by atoms with Crippen LogP contribution in [0.25, 0.3) is 11.1 Å². The van der Waals surface area contributed by atoms with Crippen LogP contribution >= 0.6 is 0 Å². The monoisotopic (exact) mass is 411 g/mol. The van der Waals surface area contributed by atoms with Crippen LogP contribution in [0.3, 0.4) is 0 Å². The molecule has 6 nitrogen and oxygen atoms in total. The van der Waals surface area contributed by atoms with Crippen molar-refractivity contribution in [3.63, 3.8) is 0 Å². The Bertz CT molecular complexity index is 1130. The van der Waals surface area contributed by atoms with E-state index in [2.05, 4.69) is 16.7 Å². The van der Waals surface area contributed by atoms with Crippen LogP contribution in [0.5, 0.6) is 5.75 Å². The van der Waals surface area contributed by atoms with Crippen molar-refractivity contribution in [1.82, 2.24) is 5.32 Å². The van der Waals surface area contributed by atoms with Crippen LogP contribution in [0.15, 0.2) is 72.8 Å². The number of carbonyl (C=O) groups is 2. The van der Waals surface area contributed by atoms with Gasteiger partial charge in [0.05, 0.1) is 22.9 Å². The van der Waals surface area contributed by atoms with Crippen molar-refractivity contribution in [2.45, 2.75) is 18.9 Å². The first-order valence-electron chi connectivity index (χ1n) is 10.1. The molecule has 3 aromatic carbocycles. The fourth-order valence-electron chi connectivity index (χ4n) is 3.10. The van der Waals surface area contributed by atoms with E-state index in [0.717, 1.165) is 24.0 Å². The average molecular weight is 411 g/mol. The number of rotatable bonds is 7. The van der Waals surface area contributed by atoms with Crippen molar-refractivity contribution in [3.8, 4) is 22.9 Å². The first-order chi connectivity index (χ1) is 15.1. The van der Waals surface area contributed by atoms with E-state index in [1.165, 1.54) is 0 Å². The summed E-state index contributed by atoms with van der Waals surface area (Å²) in [5, 5.41) is 14.6. The lowest BCUT2D eigenvalue weighted by Crippen LogP contribution is -2.27. The number of nitriles is 1. The molecule has 0 spiro atoms. The molecule has 0 unspecified atom stereocenters. The van der Waals surface area contributed by atoms with Gasteiger partial charge in [0, 0.05) is 6.04 Å². The predicted molar refractivity (Wildman–Crippen MR) is 118 cm³/mol. The number of carbonyl (C=O) groups excluding carboxylic acids is 2. The van der Waals surface area contributed by atoms with Crippen LogP contribution in [-0.2, 0) is 4.79 Å². The van der Waals surface area contributed by atoms with Crippen molar-refractivity contribution in [3.05, 3.63) is 83.9 Å². The second-order valence-corrected chi connectivity index (χ2v) is 7.34. The van der Waals surface area contributed by atoms with Gasteiger partial charge in [0.2, 0.25) is 0 Å². The second-order valence-electron chi connectivity index (χ2n) is 7.34. The van der Waals surface area contributed by atoms with Gasteiger partial charge in [-0.15, -0.1) is 0 Å². The predicted octanol–water partition coefficient (Wildman–Crippen LogP) is 4.13. The molecule has 2 amide bonds. The second kappa shape index (κ2) is 9.14. The van der Waals surface area contributed by atoms with Gasteiger partial charge < -0.3 is 15.4 Å². The van der Waals surface area contributed by atoms with E-state index >= 15 is 0 Å². The summed E-state index contributed by atoms with van der Waals surface area (Å²) in [7, 11) is 0. The smallest absolute Gasteiger partial charge is 0.262 e. The first-order valence-corrected chi connectivity index (χ1v) is 10.1. The minimum Gasteiger partial charge on any atom is -0.484 e. The van der Waals surface area contributed by atoms with Crippen molar-refractivity contribution < 1.29 is 14.3 Å². The largest absolute Gasteiger partial charge is 0.484 e. The number of anilines is 1. The van der Waals surface area contributed by atoms with Gasteiger partial charge in [0.1, 0.15) is 5.75 Å². The van der Waals surface area contributed by atoms with Gasteiger partial charge in [0.25, 0.3) is 11.8 Å². The highest BCUT2D eigenvalue weighted by Crippen LogP contribution is 2.23. The van der Waals surface area contributed by atoms with Gasteiger partial charge in [-0.05, 0) is 60.4 Å². The van der Waals surface area contributed by atoms with E-state index in [9.17, 15) is 9.59 Å². The molecule has 0 aromatic heterocycles. The average Bonchev–Trinajstić information content (AvgIpc) is 3.62. The maximum atomic E-state index is 12.4. The summed E-state index contributed by atoms with van der Waals surface area (Å²) in [5.74, 6) is 0.0351. The van der Waals surface area contributed by atoms with Gasteiger partial charge in [-0.2, -0.15) is 5.26 Å². The summed E-state index contributed by atoms with van der Waals surface area (Å²) >= 11 is 0. The SMILES string of the molecule is N#Cc1ccc(-c2ccc(OCC(=O)Nc3ccccc3C(=O)NC3CC3)cc2)cc1. The van der Waals surface area contributed by atoms with Crippen LogP contribution in [0.4, 0.5) is 5.69 Å². The van der Waals surface area contributed by atoms with Crippen molar-refractivity contribution in [1.29, 1.82) is 5.26 Å². The van der Waals surface area contributed by atoms with Crippen molar-refractivity contribution in [2.75, 3.05) is 11.9 Å². The molecule has 4 rings (SSSR count). The Labute approximate surface area is 180 Å². The molecule has 2 N–H and O–H groups in total. The minimum atomic E-state index is -0.345. The summed E-state index contributed by atoms with van der Waals surface area (Å²) in [6.45, 7) is -0.172. The molecule has 1 aliphatic carbocycles. The lowest BCUT2D eigenvalue weighted by Gasteiger charge is -2.12. The van der Waals surface area contributed by atoms with E-state index in [0.29, 0.717) is 22.6 Å². The van der Waals surface area contributed by atoms with Crippen molar-refractivity contribution >= 4 is 17.5 Å². The molecule has 1 saturated carbocycles. The standard InChI is InChI=1S/C25H21N3O3/c26-15-17-5-7-18(8-6-17)19-9-13-21(14-10-19)31-16-24(29)28-23-4-2-1-3-22(23)25(30)27-20-11-12-20/h1-10,13-14,20H,11-12,16H2,(H,27,30)(H,28,29). The van der Waals surface area contributed by atoms with Crippen LogP contribution in [0, 0.1) is 11.3 Å². The highest BCUT2D eigenvalue weighted by atomic mass is 16.5. The van der Waals surface area contributed by atoms with Crippen LogP contribution in [0.1, 0.15) is 28.8 Å². The molecule has 154 valence electrons. The molecule has 1 fully saturated rings. The number of benzene rings is 3. The molecule has 6 heteroatoms. The molecule has 0 radical (unpaired) electrons. The van der Waals surface area contributed by atoms with Crippen LogP contribution < -0.4 is 15.4 Å². The van der Waals surface area contributed by atoms with Gasteiger partial charge in [-0.1, -0.05) is 36.4 Å². The van der Waals surface area contributed by atoms with Gasteiger partial charge >= 0.3 is 0 Å². The Kier molecular flexibility index (Phi) is 5.95. The molecular formula is C25H21N3O3. The third kappa shape index (κ3) is 5.28. The summed E-state index contributed by atoms with van der Waals surface area (Å²) in [5.41, 5.74) is 3.49. The zero-order valence-corrected chi connectivity index (χ0v) is 16.8. The summed E-state index contributed by atoms with van der Waals surface area (Å²) in [6.07, 6.45) is 2.00. The number of ether oxygens (including phenoxy) is 1. The lowest BCUT2D eigenvalue weighted by atomic mass is 10.0. The Balaban J connectivity index is 1.34. The van der Waals surface area contributed by atoms with Crippen molar-refractivity contribution in [2.24, 2.45) is 0 Å². The molecular weight excluding hydrogens is 390 g/mol. The first kappa shape index (κ1) is 20.2. The highest BCUT2D eigenvalue weighted by molar-refractivity contribution is 6.04. The van der Waals surface area contributed by atoms with E-state index < -0.39 is 0 Å². The Morgan fingerprint density at radius 2 is 1.58 bits per heavy atom. The topological polar surface area (TPSA) is 91.2 Å². The molecule has 3 aromatic rings. The quantitative estimate of drug-likeness (QED) is 0.611. The van der Waals surface area contributed by atoms with Gasteiger partial charge in [-0.25, -0.2) is 0 Å². The number of hydrogen-bond acceptors (Lipinski definition) is 4. The summed E-state index contributed by atoms with van der Waals surface area (Å²) < 4.78 is 5.59. The van der Waals surface area contributed by atoms with E-state index in [1.54, 1.807) is 48.5 Å². The summed E-state index contributed by atoms with van der Waals surface area (Å²) in [6, 6.07) is 24.0. The van der Waals surface area contributed by atoms with E-state index in [-0.39, 0.29) is 24.5 Å². The number of nitrogens with one attached hydrogen (secondary N) is 2. The third-order valence-electron chi connectivity index (χ3n) is 4.93. The molecule has 0 heterocycles. The Hall–Kier alpha value is -4.11. The normalized spacial score (nSPS) is 12.5. The van der Waals surface area contributed by atoms with Crippen LogP contribution in [-0.4, -0.2) is 24.5 Å². The highest BCUT2D eigenvalue weighted by Gasteiger charge is 2.25. The maximum absolute atomic E-state index is 12.4. The maximum Gasteiger partial charge on any atom is 0.262 e. The number of nitrogens with zero attached hydrogens (tertiary/aromatic N) is 1. The summed E-state index contributed by atoms with van der Waals surface area (Å²) in [4.78, 5) is 24.7. The minimum absolute atomic E-state index is 0.172. The molecule has 0 bridgehead atoms. The zero-order chi connectivity index (χ0) is 21.6. The molecule has 0 atom stereocenters. The Morgan fingerprint density at radius 1 is 0.935 bits per heavy atom. The number of para-hydroxylation sites is 1. The number of hydrogen-bond donors (Lipinski definition) is 2. The fraction of sp³-hybridized carbons (Fsp3) is 0.160. The molecule has 31 heavy (non-hydrogen) atoms. The number of amides is 2. The zero-order valence-electron chi connectivity index (χ0n) is 16.8. The Morgan fingerprint density at radius 3 is 2.23 bits per heavy atom. The van der Waals surface area contributed by atoms with E-state index in [1.807, 2.05) is 24.3 Å². The third-order valence-corrected chi connectivity index (χ3v) is 4.93. The van der Waals surface area contributed by atoms with Gasteiger partial charge in [0.15, 0.2) is 6.61 Å². The van der Waals surface area contributed by atoms with Gasteiger partial charge in [-0.3, -0.25) is 9.59 Å². The van der Waals surface area contributed by atoms with E-state index in [4.69, 9.17) is 10.00 Å². The molecule has 0 aliphatic heterocycles. The molecule has 1 aliphatic rings.